The number of piperidine rings is 1. The van der Waals surface area contributed by atoms with E-state index < -0.39 is 9.84 Å². The second kappa shape index (κ2) is 8.60. The maximum Gasteiger partial charge on any atom is 0.268 e. The molecule has 0 saturated carbocycles. The maximum absolute atomic E-state index is 12.9. The van der Waals surface area contributed by atoms with Crippen LogP contribution in [0.25, 0.3) is 34.3 Å². The minimum Gasteiger partial charge on any atom is -0.415 e. The number of nitrogens with zero attached hydrogens (tertiary/aromatic N) is 4. The van der Waals surface area contributed by atoms with Crippen LogP contribution in [0.1, 0.15) is 12.8 Å². The highest BCUT2D eigenvalue weighted by molar-refractivity contribution is 7.92. The summed E-state index contributed by atoms with van der Waals surface area (Å²) in [4.78, 5) is 9.15. The van der Waals surface area contributed by atoms with Crippen molar-refractivity contribution in [3.8, 4) is 34.3 Å². The Morgan fingerprint density at radius 1 is 0.875 bits per heavy atom. The molecule has 5 rings (SSSR count). The fourth-order valence-corrected chi connectivity index (χ4v) is 5.44. The zero-order valence-corrected chi connectivity index (χ0v) is 18.0. The molecule has 4 aromatic rings. The van der Waals surface area contributed by atoms with Gasteiger partial charge in [-0.3, -0.25) is 4.98 Å². The molecule has 0 bridgehead atoms. The molecule has 9 heteroatoms. The van der Waals surface area contributed by atoms with Crippen LogP contribution in [0.3, 0.4) is 0 Å². The number of benzene rings is 2. The highest BCUT2D eigenvalue weighted by Gasteiger charge is 2.28. The SMILES string of the molecule is O=S(=O)(c1ccc(-c2cncc(-c3nnc(-c4ccccc4)o3)n2)cc1)C1CCCNC1. The van der Waals surface area contributed by atoms with E-state index in [1.807, 2.05) is 30.3 Å². The maximum atomic E-state index is 12.9. The van der Waals surface area contributed by atoms with Crippen molar-refractivity contribution in [2.75, 3.05) is 13.1 Å². The molecule has 1 fully saturated rings. The van der Waals surface area contributed by atoms with E-state index in [1.165, 1.54) is 0 Å². The molecular weight excluding hydrogens is 426 g/mol. The Morgan fingerprint density at radius 3 is 2.38 bits per heavy atom. The van der Waals surface area contributed by atoms with E-state index in [2.05, 4.69) is 25.5 Å². The van der Waals surface area contributed by atoms with E-state index in [0.29, 0.717) is 35.1 Å². The molecule has 1 aliphatic rings. The summed E-state index contributed by atoms with van der Waals surface area (Å²) in [5, 5.41) is 11.0. The number of nitrogens with one attached hydrogen (secondary N) is 1. The van der Waals surface area contributed by atoms with Gasteiger partial charge < -0.3 is 9.73 Å². The molecule has 8 nitrogen and oxygen atoms in total. The van der Waals surface area contributed by atoms with E-state index in [-0.39, 0.29) is 11.1 Å². The second-order valence-electron chi connectivity index (χ2n) is 7.61. The number of sulfone groups is 1. The van der Waals surface area contributed by atoms with Crippen molar-refractivity contribution in [2.45, 2.75) is 23.0 Å². The van der Waals surface area contributed by atoms with Gasteiger partial charge >= 0.3 is 0 Å². The Morgan fingerprint density at radius 2 is 1.62 bits per heavy atom. The zero-order valence-electron chi connectivity index (χ0n) is 17.2. The molecule has 32 heavy (non-hydrogen) atoms. The van der Waals surface area contributed by atoms with Crippen molar-refractivity contribution in [3.05, 3.63) is 67.0 Å². The second-order valence-corrected chi connectivity index (χ2v) is 9.83. The van der Waals surface area contributed by atoms with Gasteiger partial charge in [-0.1, -0.05) is 30.3 Å². The predicted molar refractivity (Wildman–Crippen MR) is 119 cm³/mol. The Bertz CT molecular complexity index is 1320. The van der Waals surface area contributed by atoms with Crippen molar-refractivity contribution in [1.82, 2.24) is 25.5 Å². The Balaban J connectivity index is 1.40. The molecule has 0 spiro atoms. The van der Waals surface area contributed by atoms with Gasteiger partial charge in [0.15, 0.2) is 9.84 Å². The summed E-state index contributed by atoms with van der Waals surface area (Å²) in [6.07, 6.45) is 4.72. The van der Waals surface area contributed by atoms with Crippen LogP contribution in [0.5, 0.6) is 0 Å². The van der Waals surface area contributed by atoms with E-state index >= 15 is 0 Å². The van der Waals surface area contributed by atoms with Gasteiger partial charge in [0.2, 0.25) is 5.89 Å². The van der Waals surface area contributed by atoms with Gasteiger partial charge in [-0.25, -0.2) is 13.4 Å². The van der Waals surface area contributed by atoms with Gasteiger partial charge in [0.25, 0.3) is 5.89 Å². The van der Waals surface area contributed by atoms with Crippen LogP contribution >= 0.6 is 0 Å². The van der Waals surface area contributed by atoms with Gasteiger partial charge in [-0.15, -0.1) is 10.2 Å². The summed E-state index contributed by atoms with van der Waals surface area (Å²) >= 11 is 0. The molecule has 1 N–H and O–H groups in total. The molecule has 1 aliphatic heterocycles. The highest BCUT2D eigenvalue weighted by atomic mass is 32.2. The largest absolute Gasteiger partial charge is 0.415 e. The third-order valence-corrected chi connectivity index (χ3v) is 7.68. The van der Waals surface area contributed by atoms with Crippen molar-refractivity contribution in [1.29, 1.82) is 0 Å². The molecular formula is C23H21N5O3S. The van der Waals surface area contributed by atoms with Crippen LogP contribution in [0.4, 0.5) is 0 Å². The van der Waals surface area contributed by atoms with Crippen LogP contribution in [-0.4, -0.2) is 46.9 Å². The Labute approximate surface area is 185 Å². The zero-order chi connectivity index (χ0) is 22.0. The molecule has 2 aromatic carbocycles. The summed E-state index contributed by atoms with van der Waals surface area (Å²) < 4.78 is 31.6. The van der Waals surface area contributed by atoms with Crippen molar-refractivity contribution in [2.24, 2.45) is 0 Å². The molecule has 1 atom stereocenters. The van der Waals surface area contributed by atoms with E-state index in [1.54, 1.807) is 36.7 Å². The molecule has 2 aromatic heterocycles. The van der Waals surface area contributed by atoms with E-state index in [0.717, 1.165) is 24.1 Å². The lowest BCUT2D eigenvalue weighted by atomic mass is 10.1. The number of aromatic nitrogens is 4. The lowest BCUT2D eigenvalue weighted by Gasteiger charge is -2.22. The Kier molecular flexibility index (Phi) is 5.50. The summed E-state index contributed by atoms with van der Waals surface area (Å²) in [6.45, 7) is 1.36. The average molecular weight is 448 g/mol. The molecule has 0 amide bonds. The molecule has 0 radical (unpaired) electrons. The molecule has 0 aliphatic carbocycles. The smallest absolute Gasteiger partial charge is 0.268 e. The van der Waals surface area contributed by atoms with E-state index in [4.69, 9.17) is 4.42 Å². The minimum atomic E-state index is -3.37. The topological polar surface area (TPSA) is 111 Å². The van der Waals surface area contributed by atoms with Gasteiger partial charge in [-0.2, -0.15) is 0 Å². The molecule has 1 unspecified atom stereocenters. The number of hydrogen-bond acceptors (Lipinski definition) is 8. The number of hydrogen-bond donors (Lipinski definition) is 1. The lowest BCUT2D eigenvalue weighted by molar-refractivity contribution is 0.497. The first-order valence-corrected chi connectivity index (χ1v) is 11.9. The third kappa shape index (κ3) is 4.04. The monoisotopic (exact) mass is 447 g/mol. The van der Waals surface area contributed by atoms with E-state index in [9.17, 15) is 8.42 Å². The first-order chi connectivity index (χ1) is 15.6. The Hall–Kier alpha value is -3.43. The van der Waals surface area contributed by atoms with Crippen LogP contribution < -0.4 is 5.32 Å². The quantitative estimate of drug-likeness (QED) is 0.496. The summed E-state index contributed by atoms with van der Waals surface area (Å²) in [5.41, 5.74) is 2.61. The summed E-state index contributed by atoms with van der Waals surface area (Å²) in [7, 11) is -3.37. The summed E-state index contributed by atoms with van der Waals surface area (Å²) in [5.74, 6) is 0.668. The van der Waals surface area contributed by atoms with Crippen molar-refractivity contribution >= 4 is 9.84 Å². The fraction of sp³-hybridized carbons (Fsp3) is 0.217. The minimum absolute atomic E-state index is 0.266. The molecule has 162 valence electrons. The predicted octanol–water partition coefficient (Wildman–Crippen LogP) is 3.39. The average Bonchev–Trinajstić information content (AvgIpc) is 3.36. The number of rotatable bonds is 5. The van der Waals surface area contributed by atoms with Gasteiger partial charge in [0.1, 0.15) is 5.69 Å². The first-order valence-electron chi connectivity index (χ1n) is 10.4. The van der Waals surface area contributed by atoms with Crippen LogP contribution in [0.15, 0.2) is 76.3 Å². The van der Waals surface area contributed by atoms with Gasteiger partial charge in [-0.05, 0) is 43.7 Å². The summed E-state index contributed by atoms with van der Waals surface area (Å²) in [6, 6.07) is 16.2. The van der Waals surface area contributed by atoms with Crippen LogP contribution in [-0.2, 0) is 9.84 Å². The lowest BCUT2D eigenvalue weighted by Crippen LogP contribution is -2.38. The standard InChI is InChI=1S/C23H21N5O3S/c29-32(30,19-7-4-12-24-13-19)18-10-8-16(9-11-18)20-14-25-15-21(26-20)23-28-27-22(31-23)17-5-2-1-3-6-17/h1-3,5-6,8-11,14-15,19,24H,4,7,12-13H2. The van der Waals surface area contributed by atoms with Crippen LogP contribution in [0, 0.1) is 0 Å². The molecule has 1 saturated heterocycles. The van der Waals surface area contributed by atoms with Crippen LogP contribution in [0.2, 0.25) is 0 Å². The third-order valence-electron chi connectivity index (χ3n) is 5.47. The normalized spacial score (nSPS) is 16.7. The highest BCUT2D eigenvalue weighted by Crippen LogP contribution is 2.26. The van der Waals surface area contributed by atoms with Gasteiger partial charge in [0, 0.05) is 17.7 Å². The van der Waals surface area contributed by atoms with Crippen molar-refractivity contribution in [3.63, 3.8) is 0 Å². The molecule has 3 heterocycles. The van der Waals surface area contributed by atoms with Gasteiger partial charge in [0.05, 0.1) is 28.2 Å². The fourth-order valence-electron chi connectivity index (χ4n) is 3.72. The first kappa shape index (κ1) is 20.5. The van der Waals surface area contributed by atoms with Crippen molar-refractivity contribution < 1.29 is 12.8 Å².